The number of carbonyl (C=O) groups excluding carboxylic acids is 1. The van der Waals surface area contributed by atoms with Gasteiger partial charge in [0, 0.05) is 19.4 Å². The quantitative estimate of drug-likeness (QED) is 0.326. The summed E-state index contributed by atoms with van der Waals surface area (Å²) in [6.07, 6.45) is -3.12. The Kier molecular flexibility index (Phi) is 8.21. The van der Waals surface area contributed by atoms with Gasteiger partial charge in [0.1, 0.15) is 5.82 Å². The van der Waals surface area contributed by atoms with Gasteiger partial charge in [-0.25, -0.2) is 22.2 Å². The zero-order valence-corrected chi connectivity index (χ0v) is 22.6. The summed E-state index contributed by atoms with van der Waals surface area (Å²) in [5, 5.41) is 2.68. The Morgan fingerprint density at radius 1 is 1.00 bits per heavy atom. The van der Waals surface area contributed by atoms with Crippen LogP contribution in [-0.4, -0.2) is 43.6 Å². The summed E-state index contributed by atoms with van der Waals surface area (Å²) >= 11 is 0. The molecule has 1 aliphatic heterocycles. The second-order valence-electron chi connectivity index (χ2n) is 9.85. The van der Waals surface area contributed by atoms with E-state index in [1.54, 1.807) is 19.1 Å². The fraction of sp³-hybridized carbons (Fsp3) is 0.357. The van der Waals surface area contributed by atoms with Crippen LogP contribution in [0.2, 0.25) is 0 Å². The van der Waals surface area contributed by atoms with E-state index >= 15 is 0 Å². The SMILES string of the molecule is CCS(=O)(=O)c1ccc(CC(=O)Nc2ccc(N3CC(c4ccc(C(F)(F)F)cc4)C[C@H]3C(C)(F)F)nc2)cc1. The molecule has 1 aliphatic rings. The minimum atomic E-state index is -4.48. The summed E-state index contributed by atoms with van der Waals surface area (Å²) in [5.41, 5.74) is 0.687. The number of alkyl halides is 5. The number of amides is 1. The molecular formula is C28H28F5N3O3S. The Bertz CT molecular complexity index is 1440. The highest BCUT2D eigenvalue weighted by Crippen LogP contribution is 2.41. The van der Waals surface area contributed by atoms with Crippen molar-refractivity contribution in [2.24, 2.45) is 0 Å². The van der Waals surface area contributed by atoms with Crippen LogP contribution < -0.4 is 10.2 Å². The Morgan fingerprint density at radius 3 is 2.17 bits per heavy atom. The molecule has 1 aromatic heterocycles. The van der Waals surface area contributed by atoms with Gasteiger partial charge in [-0.15, -0.1) is 0 Å². The highest BCUT2D eigenvalue weighted by atomic mass is 32.2. The van der Waals surface area contributed by atoms with E-state index < -0.39 is 39.5 Å². The first kappa shape index (κ1) is 29.4. The van der Waals surface area contributed by atoms with Crippen molar-refractivity contribution in [1.29, 1.82) is 0 Å². The maximum atomic E-state index is 14.5. The number of benzene rings is 2. The molecule has 1 N–H and O–H groups in total. The molecule has 4 rings (SSSR count). The van der Waals surface area contributed by atoms with Gasteiger partial charge >= 0.3 is 6.18 Å². The molecular weight excluding hydrogens is 553 g/mol. The molecule has 214 valence electrons. The van der Waals surface area contributed by atoms with Gasteiger partial charge in [-0.1, -0.05) is 31.2 Å². The summed E-state index contributed by atoms with van der Waals surface area (Å²) in [7, 11) is -3.34. The van der Waals surface area contributed by atoms with Crippen LogP contribution in [0.3, 0.4) is 0 Å². The molecule has 2 aromatic carbocycles. The maximum absolute atomic E-state index is 14.5. The standard InChI is InChI=1S/C28H28F5N3O3S/c1-3-40(38,39)23-11-4-18(5-12-23)14-26(37)35-22-10-13-25(34-16-22)36-17-20(15-24(36)27(2,29)30)19-6-8-21(9-7-19)28(31,32)33/h4-13,16,20,24H,3,14-15,17H2,1-2H3,(H,35,37)/t20?,24-/m0/s1. The number of sulfone groups is 1. The van der Waals surface area contributed by atoms with Crippen molar-refractivity contribution in [3.8, 4) is 0 Å². The van der Waals surface area contributed by atoms with E-state index in [2.05, 4.69) is 10.3 Å². The fourth-order valence-electron chi connectivity index (χ4n) is 4.76. The molecule has 2 atom stereocenters. The van der Waals surface area contributed by atoms with E-state index in [1.165, 1.54) is 47.5 Å². The lowest BCUT2D eigenvalue weighted by atomic mass is 9.94. The van der Waals surface area contributed by atoms with E-state index in [-0.39, 0.29) is 41.8 Å². The summed E-state index contributed by atoms with van der Waals surface area (Å²) in [6.45, 7) is 2.49. The lowest BCUT2D eigenvalue weighted by Gasteiger charge is -2.30. The lowest BCUT2D eigenvalue weighted by Crippen LogP contribution is -2.42. The minimum absolute atomic E-state index is 0.0146. The normalized spacial score (nSPS) is 18.1. The Labute approximate surface area is 229 Å². The van der Waals surface area contributed by atoms with Gasteiger partial charge in [-0.3, -0.25) is 4.79 Å². The molecule has 0 saturated carbocycles. The first-order valence-electron chi connectivity index (χ1n) is 12.6. The monoisotopic (exact) mass is 581 g/mol. The van der Waals surface area contributed by atoms with Crippen molar-refractivity contribution >= 4 is 27.2 Å². The third-order valence-electron chi connectivity index (χ3n) is 6.95. The van der Waals surface area contributed by atoms with Crippen LogP contribution >= 0.6 is 0 Å². The maximum Gasteiger partial charge on any atom is 0.416 e. The number of hydrogen-bond acceptors (Lipinski definition) is 5. The van der Waals surface area contributed by atoms with Crippen LogP contribution in [0.25, 0.3) is 0 Å². The highest BCUT2D eigenvalue weighted by molar-refractivity contribution is 7.91. The Hall–Kier alpha value is -3.54. The third kappa shape index (κ3) is 6.78. The summed E-state index contributed by atoms with van der Waals surface area (Å²) < 4.78 is 91.7. The van der Waals surface area contributed by atoms with Gasteiger partial charge < -0.3 is 10.2 Å². The predicted octanol–water partition coefficient (Wildman–Crippen LogP) is 6.09. The van der Waals surface area contributed by atoms with E-state index in [9.17, 15) is 35.2 Å². The van der Waals surface area contributed by atoms with Gasteiger partial charge in [0.25, 0.3) is 5.92 Å². The molecule has 2 heterocycles. The summed E-state index contributed by atoms with van der Waals surface area (Å²) in [5.74, 6) is -3.66. The van der Waals surface area contributed by atoms with E-state index in [4.69, 9.17) is 0 Å². The first-order valence-corrected chi connectivity index (χ1v) is 14.2. The van der Waals surface area contributed by atoms with Crippen molar-refractivity contribution < 1.29 is 35.2 Å². The van der Waals surface area contributed by atoms with E-state index in [0.717, 1.165) is 19.1 Å². The molecule has 6 nitrogen and oxygen atoms in total. The molecule has 0 spiro atoms. The van der Waals surface area contributed by atoms with Crippen LogP contribution in [0, 0.1) is 0 Å². The number of carbonyl (C=O) groups is 1. The van der Waals surface area contributed by atoms with E-state index in [0.29, 0.717) is 16.8 Å². The topological polar surface area (TPSA) is 79.4 Å². The Balaban J connectivity index is 1.43. The smallest absolute Gasteiger partial charge is 0.347 e. The number of aromatic nitrogens is 1. The molecule has 0 bridgehead atoms. The Morgan fingerprint density at radius 2 is 1.65 bits per heavy atom. The molecule has 0 aliphatic carbocycles. The minimum Gasteiger partial charge on any atom is -0.347 e. The molecule has 1 unspecified atom stereocenters. The predicted molar refractivity (Wildman–Crippen MR) is 141 cm³/mol. The largest absolute Gasteiger partial charge is 0.416 e. The van der Waals surface area contributed by atoms with Gasteiger partial charge in [0.2, 0.25) is 5.91 Å². The average molecular weight is 582 g/mol. The number of pyridine rings is 1. The van der Waals surface area contributed by atoms with Gasteiger partial charge in [-0.2, -0.15) is 13.2 Å². The van der Waals surface area contributed by atoms with Crippen molar-refractivity contribution in [3.63, 3.8) is 0 Å². The number of nitrogens with one attached hydrogen (secondary N) is 1. The van der Waals surface area contributed by atoms with Crippen molar-refractivity contribution in [3.05, 3.63) is 83.6 Å². The van der Waals surface area contributed by atoms with Gasteiger partial charge in [0.05, 0.1) is 40.6 Å². The first-order chi connectivity index (χ1) is 18.7. The van der Waals surface area contributed by atoms with Crippen molar-refractivity contribution in [2.75, 3.05) is 22.5 Å². The molecule has 1 amide bonds. The average Bonchev–Trinajstić information content (AvgIpc) is 3.35. The van der Waals surface area contributed by atoms with Crippen LogP contribution in [0.15, 0.2) is 71.8 Å². The molecule has 1 saturated heterocycles. The third-order valence-corrected chi connectivity index (χ3v) is 8.70. The molecule has 12 heteroatoms. The fourth-order valence-corrected chi connectivity index (χ4v) is 5.64. The molecule has 3 aromatic rings. The van der Waals surface area contributed by atoms with Gasteiger partial charge in [-0.05, 0) is 53.9 Å². The highest BCUT2D eigenvalue weighted by Gasteiger charge is 2.46. The molecule has 40 heavy (non-hydrogen) atoms. The van der Waals surface area contributed by atoms with Crippen LogP contribution in [0.1, 0.15) is 42.9 Å². The number of anilines is 2. The molecule has 0 radical (unpaired) electrons. The van der Waals surface area contributed by atoms with Crippen LogP contribution in [0.4, 0.5) is 33.5 Å². The number of nitrogens with zero attached hydrogens (tertiary/aromatic N) is 2. The summed E-state index contributed by atoms with van der Waals surface area (Å²) in [4.78, 5) is 18.4. The van der Waals surface area contributed by atoms with Gasteiger partial charge in [0.15, 0.2) is 9.84 Å². The van der Waals surface area contributed by atoms with Crippen molar-refractivity contribution in [1.82, 2.24) is 4.98 Å². The van der Waals surface area contributed by atoms with Crippen LogP contribution in [-0.2, 0) is 27.2 Å². The second kappa shape index (κ2) is 11.1. The zero-order valence-electron chi connectivity index (χ0n) is 21.8. The molecule has 1 fully saturated rings. The number of hydrogen-bond donors (Lipinski definition) is 1. The summed E-state index contributed by atoms with van der Waals surface area (Å²) in [6, 6.07) is 12.4. The number of halogens is 5. The second-order valence-corrected chi connectivity index (χ2v) is 12.1. The van der Waals surface area contributed by atoms with E-state index in [1.807, 2.05) is 0 Å². The van der Waals surface area contributed by atoms with Crippen LogP contribution in [0.5, 0.6) is 0 Å². The van der Waals surface area contributed by atoms with Crippen molar-refractivity contribution in [2.45, 2.75) is 55.6 Å². The lowest BCUT2D eigenvalue weighted by molar-refractivity contribution is -0.137. The number of rotatable bonds is 8. The zero-order chi connectivity index (χ0) is 29.3.